The number of benzene rings is 2. The zero-order chi connectivity index (χ0) is 18.8. The van der Waals surface area contributed by atoms with Crippen LogP contribution in [0.3, 0.4) is 0 Å². The number of hydrogen-bond acceptors (Lipinski definition) is 6. The van der Waals surface area contributed by atoms with Crippen LogP contribution in [0.15, 0.2) is 42.7 Å². The van der Waals surface area contributed by atoms with Crippen LogP contribution in [0.5, 0.6) is 17.2 Å². The van der Waals surface area contributed by atoms with Crippen molar-refractivity contribution in [2.24, 2.45) is 0 Å². The van der Waals surface area contributed by atoms with Crippen LogP contribution in [-0.4, -0.2) is 36.3 Å². The Morgan fingerprint density at radius 1 is 0.889 bits per heavy atom. The maximum absolute atomic E-state index is 5.33. The lowest BCUT2D eigenvalue weighted by Crippen LogP contribution is -2.03. The van der Waals surface area contributed by atoms with E-state index in [0.717, 1.165) is 50.6 Å². The number of ether oxygens (including phenoxy) is 3. The lowest BCUT2D eigenvalue weighted by molar-refractivity contribution is 0.393. The van der Waals surface area contributed by atoms with Gasteiger partial charge in [-0.2, -0.15) is 0 Å². The van der Waals surface area contributed by atoms with Crippen molar-refractivity contribution < 1.29 is 14.2 Å². The Kier molecular flexibility index (Phi) is 4.42. The van der Waals surface area contributed by atoms with E-state index in [9.17, 15) is 0 Å². The van der Waals surface area contributed by atoms with E-state index < -0.39 is 0 Å². The van der Waals surface area contributed by atoms with Crippen molar-refractivity contribution >= 4 is 27.8 Å². The fourth-order valence-electron chi connectivity index (χ4n) is 3.09. The molecular formula is C20H20N4O3. The fourth-order valence-corrected chi connectivity index (χ4v) is 3.09. The van der Waals surface area contributed by atoms with E-state index in [-0.39, 0.29) is 0 Å². The predicted molar refractivity (Wildman–Crippen MR) is 105 cm³/mol. The molecule has 2 N–H and O–H groups in total. The average molecular weight is 364 g/mol. The van der Waals surface area contributed by atoms with Gasteiger partial charge in [-0.3, -0.25) is 0 Å². The fraction of sp³-hybridized carbons (Fsp3) is 0.200. The predicted octanol–water partition coefficient (Wildman–Crippen LogP) is 3.75. The van der Waals surface area contributed by atoms with Crippen LogP contribution in [0.2, 0.25) is 0 Å². The van der Waals surface area contributed by atoms with Gasteiger partial charge in [0.25, 0.3) is 0 Å². The lowest BCUT2D eigenvalue weighted by Gasteiger charge is -2.10. The first kappa shape index (κ1) is 17.0. The molecule has 0 aliphatic rings. The molecule has 0 saturated carbocycles. The van der Waals surface area contributed by atoms with E-state index in [1.54, 1.807) is 27.7 Å². The summed E-state index contributed by atoms with van der Waals surface area (Å²) in [6.07, 6.45) is 1.56. The number of rotatable bonds is 6. The lowest BCUT2D eigenvalue weighted by atomic mass is 10.2. The van der Waals surface area contributed by atoms with Crippen molar-refractivity contribution in [3.63, 3.8) is 0 Å². The highest BCUT2D eigenvalue weighted by Gasteiger charge is 2.12. The molecule has 4 aromatic rings. The molecule has 4 rings (SSSR count). The Hall–Kier alpha value is -3.48. The van der Waals surface area contributed by atoms with Crippen LogP contribution in [-0.2, 0) is 6.54 Å². The van der Waals surface area contributed by atoms with Gasteiger partial charge in [-0.1, -0.05) is 0 Å². The number of hydrogen-bond donors (Lipinski definition) is 2. The topological polar surface area (TPSA) is 81.3 Å². The minimum absolute atomic E-state index is 0.568. The van der Waals surface area contributed by atoms with E-state index in [0.29, 0.717) is 6.54 Å². The third-order valence-corrected chi connectivity index (χ3v) is 4.46. The molecule has 0 aliphatic carbocycles. The van der Waals surface area contributed by atoms with Gasteiger partial charge in [0.05, 0.1) is 21.3 Å². The van der Waals surface area contributed by atoms with E-state index in [2.05, 4.69) is 20.3 Å². The van der Waals surface area contributed by atoms with Crippen molar-refractivity contribution in [3.8, 4) is 17.2 Å². The molecule has 0 amide bonds. The summed E-state index contributed by atoms with van der Waals surface area (Å²) in [5.74, 6) is 3.02. The molecular weight excluding hydrogens is 344 g/mol. The summed E-state index contributed by atoms with van der Waals surface area (Å²) in [5, 5.41) is 4.37. The highest BCUT2D eigenvalue weighted by molar-refractivity contribution is 6.08. The summed E-state index contributed by atoms with van der Waals surface area (Å²) in [6, 6.07) is 11.6. The van der Waals surface area contributed by atoms with Crippen molar-refractivity contribution in [1.82, 2.24) is 15.0 Å². The first-order chi connectivity index (χ1) is 13.2. The summed E-state index contributed by atoms with van der Waals surface area (Å²) < 4.78 is 16.0. The second-order valence-electron chi connectivity index (χ2n) is 6.06. The summed E-state index contributed by atoms with van der Waals surface area (Å²) in [7, 11) is 4.93. The number of fused-ring (bicyclic) bond motifs is 3. The zero-order valence-corrected chi connectivity index (χ0v) is 15.4. The highest BCUT2D eigenvalue weighted by atomic mass is 16.5. The van der Waals surface area contributed by atoms with E-state index >= 15 is 0 Å². The van der Waals surface area contributed by atoms with Crippen LogP contribution < -0.4 is 19.5 Å². The molecule has 27 heavy (non-hydrogen) atoms. The maximum atomic E-state index is 5.33. The van der Waals surface area contributed by atoms with Gasteiger partial charge >= 0.3 is 0 Å². The quantitative estimate of drug-likeness (QED) is 0.542. The van der Waals surface area contributed by atoms with Gasteiger partial charge < -0.3 is 24.5 Å². The van der Waals surface area contributed by atoms with Crippen LogP contribution in [0.4, 0.5) is 5.82 Å². The highest BCUT2D eigenvalue weighted by Crippen LogP contribution is 2.30. The first-order valence-electron chi connectivity index (χ1n) is 8.48. The Labute approximate surface area is 156 Å². The zero-order valence-electron chi connectivity index (χ0n) is 15.4. The van der Waals surface area contributed by atoms with Crippen LogP contribution >= 0.6 is 0 Å². The molecule has 0 saturated heterocycles. The first-order valence-corrected chi connectivity index (χ1v) is 8.48. The Bertz CT molecular complexity index is 1080. The van der Waals surface area contributed by atoms with E-state index in [1.165, 1.54) is 0 Å². The van der Waals surface area contributed by atoms with Gasteiger partial charge in [0, 0.05) is 23.5 Å². The van der Waals surface area contributed by atoms with Crippen molar-refractivity contribution in [3.05, 3.63) is 48.3 Å². The minimum Gasteiger partial charge on any atom is -0.497 e. The molecule has 0 bridgehead atoms. The molecule has 2 aromatic heterocycles. The summed E-state index contributed by atoms with van der Waals surface area (Å²) in [5.41, 5.74) is 3.72. The molecule has 138 valence electrons. The number of H-pyrrole nitrogens is 1. The number of aromatic amines is 1. The number of nitrogens with one attached hydrogen (secondary N) is 2. The van der Waals surface area contributed by atoms with Gasteiger partial charge in [-0.15, -0.1) is 0 Å². The Morgan fingerprint density at radius 2 is 1.63 bits per heavy atom. The van der Waals surface area contributed by atoms with Gasteiger partial charge in [0.15, 0.2) is 5.82 Å². The van der Waals surface area contributed by atoms with E-state index in [1.807, 2.05) is 36.4 Å². The molecule has 0 radical (unpaired) electrons. The summed E-state index contributed by atoms with van der Waals surface area (Å²) in [6.45, 7) is 0.568. The molecule has 0 spiro atoms. The second kappa shape index (κ2) is 7.03. The molecule has 2 aromatic carbocycles. The van der Waals surface area contributed by atoms with Gasteiger partial charge in [0.1, 0.15) is 34.6 Å². The van der Waals surface area contributed by atoms with Crippen LogP contribution in [0, 0.1) is 0 Å². The molecule has 0 unspecified atom stereocenters. The van der Waals surface area contributed by atoms with Crippen molar-refractivity contribution in [2.45, 2.75) is 6.54 Å². The summed E-state index contributed by atoms with van der Waals surface area (Å²) >= 11 is 0. The molecule has 0 aliphatic heterocycles. The molecule has 7 heteroatoms. The molecule has 0 atom stereocenters. The minimum atomic E-state index is 0.568. The Balaban J connectivity index is 1.68. The summed E-state index contributed by atoms with van der Waals surface area (Å²) in [4.78, 5) is 12.2. The largest absolute Gasteiger partial charge is 0.497 e. The monoisotopic (exact) mass is 364 g/mol. The van der Waals surface area contributed by atoms with Crippen molar-refractivity contribution in [1.29, 1.82) is 0 Å². The average Bonchev–Trinajstić information content (AvgIpc) is 3.10. The van der Waals surface area contributed by atoms with Gasteiger partial charge in [-0.25, -0.2) is 9.97 Å². The standard InChI is InChI=1S/C20H20N4O3/c1-25-13-4-5-17-16(9-13)18-19(24-17)20(23-11-22-18)21-10-12-6-14(26-2)8-15(7-12)27-3/h4-9,11,24H,10H2,1-3H3,(H,21,22,23). The van der Waals surface area contributed by atoms with Crippen LogP contribution in [0.1, 0.15) is 5.56 Å². The third-order valence-electron chi connectivity index (χ3n) is 4.46. The Morgan fingerprint density at radius 3 is 2.33 bits per heavy atom. The SMILES string of the molecule is COc1cc(CNc2ncnc3c2[nH]c2ccc(OC)cc23)cc(OC)c1. The normalized spacial score (nSPS) is 10.9. The van der Waals surface area contributed by atoms with Crippen molar-refractivity contribution in [2.75, 3.05) is 26.6 Å². The number of anilines is 1. The molecule has 0 fully saturated rings. The smallest absolute Gasteiger partial charge is 0.154 e. The third kappa shape index (κ3) is 3.19. The van der Waals surface area contributed by atoms with Crippen LogP contribution in [0.25, 0.3) is 21.9 Å². The van der Waals surface area contributed by atoms with Gasteiger partial charge in [0.2, 0.25) is 0 Å². The van der Waals surface area contributed by atoms with E-state index in [4.69, 9.17) is 14.2 Å². The molecule has 2 heterocycles. The number of aromatic nitrogens is 3. The second-order valence-corrected chi connectivity index (χ2v) is 6.06. The number of nitrogens with zero attached hydrogens (tertiary/aromatic N) is 2. The van der Waals surface area contributed by atoms with Gasteiger partial charge in [-0.05, 0) is 35.9 Å². The maximum Gasteiger partial charge on any atom is 0.154 e. The number of methoxy groups -OCH3 is 3. The molecule has 7 nitrogen and oxygen atoms in total.